The van der Waals surface area contributed by atoms with E-state index in [1.807, 2.05) is 6.20 Å². The predicted octanol–water partition coefficient (Wildman–Crippen LogP) is 2.71. The Hall–Kier alpha value is -0.870. The molecule has 1 aromatic rings. The molecule has 1 saturated carbocycles. The van der Waals surface area contributed by atoms with E-state index in [1.54, 1.807) is 7.11 Å². The van der Waals surface area contributed by atoms with Crippen LogP contribution in [-0.2, 0) is 16.9 Å². The Bertz CT molecular complexity index is 386. The van der Waals surface area contributed by atoms with Crippen molar-refractivity contribution in [3.63, 3.8) is 0 Å². The van der Waals surface area contributed by atoms with Gasteiger partial charge in [0, 0.05) is 31.1 Å². The first-order valence-corrected chi connectivity index (χ1v) is 6.80. The summed E-state index contributed by atoms with van der Waals surface area (Å²) in [6.07, 6.45) is 6.52. The van der Waals surface area contributed by atoms with Crippen molar-refractivity contribution in [1.29, 1.82) is 0 Å². The van der Waals surface area contributed by atoms with Gasteiger partial charge in [0.15, 0.2) is 0 Å². The Labute approximate surface area is 110 Å². The number of hydrogen-bond donors (Lipinski definition) is 2. The van der Waals surface area contributed by atoms with Gasteiger partial charge in [-0.05, 0) is 46.5 Å². The Morgan fingerprint density at radius 3 is 2.61 bits per heavy atom. The number of rotatable bonds is 4. The largest absolute Gasteiger partial charge is 0.370 e. The summed E-state index contributed by atoms with van der Waals surface area (Å²) in [6.45, 7) is 7.31. The fraction of sp³-hybridized carbons (Fsp3) is 0.786. The van der Waals surface area contributed by atoms with Crippen LogP contribution in [0.5, 0.6) is 0 Å². The SMILES string of the molecule is COC1(c2ncc(CNC(C)(C)C)[nH]2)CCCC1. The average Bonchev–Trinajstić information content (AvgIpc) is 2.95. The summed E-state index contributed by atoms with van der Waals surface area (Å²) in [6, 6.07) is 0. The Kier molecular flexibility index (Phi) is 3.78. The fourth-order valence-electron chi connectivity index (χ4n) is 2.52. The molecule has 0 aliphatic heterocycles. The van der Waals surface area contributed by atoms with Crippen LogP contribution < -0.4 is 5.32 Å². The number of nitrogens with one attached hydrogen (secondary N) is 2. The quantitative estimate of drug-likeness (QED) is 0.865. The zero-order chi connectivity index (χ0) is 13.2. The molecule has 102 valence electrons. The highest BCUT2D eigenvalue weighted by molar-refractivity contribution is 5.11. The molecular weight excluding hydrogens is 226 g/mol. The third-order valence-electron chi connectivity index (χ3n) is 3.67. The van der Waals surface area contributed by atoms with Crippen LogP contribution in [0, 0.1) is 0 Å². The summed E-state index contributed by atoms with van der Waals surface area (Å²) >= 11 is 0. The van der Waals surface area contributed by atoms with Crippen molar-refractivity contribution in [2.75, 3.05) is 7.11 Å². The summed E-state index contributed by atoms with van der Waals surface area (Å²) < 4.78 is 5.73. The van der Waals surface area contributed by atoms with Gasteiger partial charge >= 0.3 is 0 Å². The maximum Gasteiger partial charge on any atom is 0.138 e. The number of aromatic amines is 1. The lowest BCUT2D eigenvalue weighted by Gasteiger charge is -2.25. The highest BCUT2D eigenvalue weighted by Crippen LogP contribution is 2.40. The molecule has 2 N–H and O–H groups in total. The molecule has 2 rings (SSSR count). The minimum Gasteiger partial charge on any atom is -0.370 e. The maximum atomic E-state index is 5.73. The van der Waals surface area contributed by atoms with Crippen LogP contribution in [0.25, 0.3) is 0 Å². The van der Waals surface area contributed by atoms with E-state index in [4.69, 9.17) is 4.74 Å². The second kappa shape index (κ2) is 5.02. The molecule has 0 radical (unpaired) electrons. The van der Waals surface area contributed by atoms with E-state index in [9.17, 15) is 0 Å². The molecule has 1 aliphatic carbocycles. The molecule has 1 aliphatic rings. The zero-order valence-corrected chi connectivity index (χ0v) is 12.0. The van der Waals surface area contributed by atoms with Crippen LogP contribution >= 0.6 is 0 Å². The van der Waals surface area contributed by atoms with E-state index in [-0.39, 0.29) is 11.1 Å². The second-order valence-corrected chi connectivity index (χ2v) is 6.27. The number of nitrogens with zero attached hydrogens (tertiary/aromatic N) is 1. The molecule has 0 aromatic carbocycles. The predicted molar refractivity (Wildman–Crippen MR) is 72.3 cm³/mol. The van der Waals surface area contributed by atoms with Crippen LogP contribution in [0.1, 0.15) is 58.0 Å². The van der Waals surface area contributed by atoms with Gasteiger partial charge in [-0.25, -0.2) is 4.98 Å². The molecule has 0 amide bonds. The van der Waals surface area contributed by atoms with Gasteiger partial charge in [-0.3, -0.25) is 0 Å². The van der Waals surface area contributed by atoms with E-state index in [0.29, 0.717) is 0 Å². The first-order chi connectivity index (χ1) is 8.45. The van der Waals surface area contributed by atoms with Crippen LogP contribution in [0.2, 0.25) is 0 Å². The Morgan fingerprint density at radius 1 is 1.39 bits per heavy atom. The third kappa shape index (κ3) is 2.93. The topological polar surface area (TPSA) is 49.9 Å². The van der Waals surface area contributed by atoms with Gasteiger partial charge in [-0.2, -0.15) is 0 Å². The average molecular weight is 251 g/mol. The first kappa shape index (κ1) is 13.6. The normalized spacial score (nSPS) is 19.3. The molecule has 0 unspecified atom stereocenters. The van der Waals surface area contributed by atoms with E-state index in [1.165, 1.54) is 12.8 Å². The molecule has 0 spiro atoms. The lowest BCUT2D eigenvalue weighted by atomic mass is 10.0. The third-order valence-corrected chi connectivity index (χ3v) is 3.67. The summed E-state index contributed by atoms with van der Waals surface area (Å²) in [5, 5.41) is 3.46. The van der Waals surface area contributed by atoms with Crippen molar-refractivity contribution in [3.05, 3.63) is 17.7 Å². The van der Waals surface area contributed by atoms with E-state index < -0.39 is 0 Å². The van der Waals surface area contributed by atoms with Gasteiger partial charge in [0.2, 0.25) is 0 Å². The monoisotopic (exact) mass is 251 g/mol. The number of aromatic nitrogens is 2. The van der Waals surface area contributed by atoms with Crippen LogP contribution in [0.15, 0.2) is 6.20 Å². The number of H-pyrrole nitrogens is 1. The fourth-order valence-corrected chi connectivity index (χ4v) is 2.52. The van der Waals surface area contributed by atoms with Gasteiger partial charge in [-0.15, -0.1) is 0 Å². The van der Waals surface area contributed by atoms with Gasteiger partial charge < -0.3 is 15.0 Å². The molecule has 1 heterocycles. The first-order valence-electron chi connectivity index (χ1n) is 6.80. The van der Waals surface area contributed by atoms with E-state index >= 15 is 0 Å². The van der Waals surface area contributed by atoms with E-state index in [2.05, 4.69) is 36.1 Å². The molecule has 1 aromatic heterocycles. The van der Waals surface area contributed by atoms with Gasteiger partial charge in [0.1, 0.15) is 11.4 Å². The van der Waals surface area contributed by atoms with Gasteiger partial charge in [0.05, 0.1) is 0 Å². The van der Waals surface area contributed by atoms with Gasteiger partial charge in [-0.1, -0.05) is 0 Å². The Morgan fingerprint density at radius 2 is 2.06 bits per heavy atom. The van der Waals surface area contributed by atoms with Crippen molar-refractivity contribution < 1.29 is 4.74 Å². The Balaban J connectivity index is 2.05. The van der Waals surface area contributed by atoms with Gasteiger partial charge in [0.25, 0.3) is 0 Å². The van der Waals surface area contributed by atoms with Crippen molar-refractivity contribution in [2.24, 2.45) is 0 Å². The van der Waals surface area contributed by atoms with Crippen LogP contribution in [0.4, 0.5) is 0 Å². The lowest BCUT2D eigenvalue weighted by molar-refractivity contribution is -0.0157. The molecule has 18 heavy (non-hydrogen) atoms. The second-order valence-electron chi connectivity index (χ2n) is 6.27. The summed E-state index contributed by atoms with van der Waals surface area (Å²) in [7, 11) is 1.79. The van der Waals surface area contributed by atoms with Crippen molar-refractivity contribution in [3.8, 4) is 0 Å². The smallest absolute Gasteiger partial charge is 0.138 e. The summed E-state index contributed by atoms with van der Waals surface area (Å²) in [5.41, 5.74) is 1.08. The standard InChI is InChI=1S/C14H25N3O/c1-13(2,3)16-10-11-9-15-12(17-11)14(18-4)7-5-6-8-14/h9,16H,5-8,10H2,1-4H3,(H,15,17). The van der Waals surface area contributed by atoms with Crippen molar-refractivity contribution >= 4 is 0 Å². The van der Waals surface area contributed by atoms with Crippen LogP contribution in [-0.4, -0.2) is 22.6 Å². The minimum absolute atomic E-state index is 0.123. The number of imidazole rings is 1. The summed E-state index contributed by atoms with van der Waals surface area (Å²) in [4.78, 5) is 7.94. The highest BCUT2D eigenvalue weighted by atomic mass is 16.5. The van der Waals surface area contributed by atoms with E-state index in [0.717, 1.165) is 30.9 Å². The molecule has 4 nitrogen and oxygen atoms in total. The van der Waals surface area contributed by atoms with Crippen LogP contribution in [0.3, 0.4) is 0 Å². The maximum absolute atomic E-state index is 5.73. The zero-order valence-electron chi connectivity index (χ0n) is 12.0. The molecule has 0 saturated heterocycles. The number of ether oxygens (including phenoxy) is 1. The highest BCUT2D eigenvalue weighted by Gasteiger charge is 2.38. The summed E-state index contributed by atoms with van der Waals surface area (Å²) in [5.74, 6) is 0.994. The van der Waals surface area contributed by atoms with Crippen molar-refractivity contribution in [2.45, 2.75) is 64.1 Å². The molecular formula is C14H25N3O. The molecule has 0 bridgehead atoms. The molecule has 4 heteroatoms. The molecule has 1 fully saturated rings. The molecule has 0 atom stereocenters. The van der Waals surface area contributed by atoms with Crippen molar-refractivity contribution in [1.82, 2.24) is 15.3 Å². The number of hydrogen-bond acceptors (Lipinski definition) is 3. The minimum atomic E-state index is -0.167. The number of methoxy groups -OCH3 is 1. The lowest BCUT2D eigenvalue weighted by Crippen LogP contribution is -2.35.